The minimum absolute atomic E-state index is 0.0547. The van der Waals surface area contributed by atoms with Gasteiger partial charge < -0.3 is 11.5 Å². The Morgan fingerprint density at radius 1 is 1.62 bits per heavy atom. The predicted octanol–water partition coefficient (Wildman–Crippen LogP) is -0.250. The van der Waals surface area contributed by atoms with Crippen LogP contribution in [0.4, 0.5) is 0 Å². The van der Waals surface area contributed by atoms with E-state index in [9.17, 15) is 4.79 Å². The van der Waals surface area contributed by atoms with Gasteiger partial charge in [0.1, 0.15) is 0 Å². The molecule has 0 aliphatic heterocycles. The zero-order valence-electron chi connectivity index (χ0n) is 7.16. The van der Waals surface area contributed by atoms with Crippen molar-refractivity contribution in [1.29, 1.82) is 0 Å². The lowest BCUT2D eigenvalue weighted by Gasteiger charge is -2.09. The second-order valence-electron chi connectivity index (χ2n) is 2.51. The van der Waals surface area contributed by atoms with Crippen LogP contribution in [0.1, 0.15) is 12.8 Å². The summed E-state index contributed by atoms with van der Waals surface area (Å²) in [6, 6.07) is -0.125. The maximum absolute atomic E-state index is 10.9. The molecule has 0 aromatic heterocycles. The molecule has 0 saturated heterocycles. The van der Waals surface area contributed by atoms with Gasteiger partial charge in [0.05, 0.1) is 6.04 Å². The van der Waals surface area contributed by atoms with E-state index < -0.39 is 0 Å². The lowest BCUT2D eigenvalue weighted by atomic mass is 10.2. The van der Waals surface area contributed by atoms with Gasteiger partial charge in [-0.05, 0) is 12.8 Å². The van der Waals surface area contributed by atoms with E-state index in [1.54, 1.807) is 0 Å². The molecule has 0 aliphatic rings. The van der Waals surface area contributed by atoms with E-state index in [1.165, 1.54) is 0 Å². The van der Waals surface area contributed by atoms with E-state index in [-0.39, 0.29) is 17.5 Å². The minimum Gasteiger partial charge on any atom is -0.370 e. The lowest BCUT2D eigenvalue weighted by Crippen LogP contribution is -2.27. The molecule has 5 N–H and O–H groups in total. The Morgan fingerprint density at radius 2 is 2.23 bits per heavy atom. The monoisotopic (exact) mass is 316 g/mol. The minimum atomic E-state index is -0.125. The Kier molecular flexibility index (Phi) is 7.50. The molecule has 0 rings (SSSR count). The molecule has 7 heteroatoms. The Morgan fingerprint density at radius 3 is 2.62 bits per heavy atom. The fourth-order valence-corrected chi connectivity index (χ4v) is 1.96. The fourth-order valence-electron chi connectivity index (χ4n) is 0.754. The summed E-state index contributed by atoms with van der Waals surface area (Å²) in [4.78, 5) is 14.7. The van der Waals surface area contributed by atoms with Gasteiger partial charge in [-0.15, -0.1) is 0 Å². The quantitative estimate of drug-likeness (QED) is 0.157. The van der Waals surface area contributed by atoms with Crippen molar-refractivity contribution in [3.8, 4) is 0 Å². The summed E-state index contributed by atoms with van der Waals surface area (Å²) in [7, 11) is 2.15. The number of hydrogen-bond acceptors (Lipinski definition) is 3. The Bertz CT molecular complexity index is 195. The molecular formula is C6H14IN4OP. The van der Waals surface area contributed by atoms with Gasteiger partial charge in [-0.3, -0.25) is 13.3 Å². The highest BCUT2D eigenvalue weighted by Gasteiger charge is 2.10. The number of nitrogens with zero attached hydrogens (tertiary/aromatic N) is 1. The highest BCUT2D eigenvalue weighted by molar-refractivity contribution is 14.1. The topological polar surface area (TPSA) is 93.5 Å². The third-order valence-electron chi connectivity index (χ3n) is 1.42. The van der Waals surface area contributed by atoms with Crippen LogP contribution in [0, 0.1) is 0 Å². The van der Waals surface area contributed by atoms with Crippen LogP contribution in [-0.2, 0) is 4.79 Å². The maximum atomic E-state index is 10.9. The number of aliphatic imine (C=N–C) groups is 1. The molecule has 0 aromatic carbocycles. The first-order chi connectivity index (χ1) is 6.07. The van der Waals surface area contributed by atoms with E-state index >= 15 is 0 Å². The molecule has 76 valence electrons. The molecule has 0 heterocycles. The van der Waals surface area contributed by atoms with Gasteiger partial charge in [0.2, 0.25) is 0 Å². The number of rotatable bonds is 6. The van der Waals surface area contributed by atoms with Gasteiger partial charge in [0.15, 0.2) is 11.5 Å². The summed E-state index contributed by atoms with van der Waals surface area (Å²) < 4.78 is 2.88. The summed E-state index contributed by atoms with van der Waals surface area (Å²) in [5.74, 6) is 0.0937. The molecule has 0 radical (unpaired) electrons. The number of nitrogens with one attached hydrogen (secondary N) is 1. The first-order valence-electron chi connectivity index (χ1n) is 3.78. The zero-order chi connectivity index (χ0) is 10.3. The first kappa shape index (κ1) is 13.1. The Balaban J connectivity index is 3.62. The van der Waals surface area contributed by atoms with E-state index in [2.05, 4.69) is 17.8 Å². The standard InChI is InChI=1S/C6H14IN4OP/c7-11-4(5(12)13)2-1-3-10-6(8)9/h4,11H,1-3,13H2,(H4,8,9,10)/t4-/m1/s1. The Labute approximate surface area is 93.8 Å². The highest BCUT2D eigenvalue weighted by Crippen LogP contribution is 2.04. The average Bonchev–Trinajstić information content (AvgIpc) is 2.03. The summed E-state index contributed by atoms with van der Waals surface area (Å²) in [5.41, 5.74) is 10.3. The predicted molar refractivity (Wildman–Crippen MR) is 65.6 cm³/mol. The number of halogens is 1. The smallest absolute Gasteiger partial charge is 0.185 e. The van der Waals surface area contributed by atoms with Crippen LogP contribution in [0.2, 0.25) is 0 Å². The first-order valence-corrected chi connectivity index (χ1v) is 5.44. The summed E-state index contributed by atoms with van der Waals surface area (Å²) >= 11 is 1.96. The molecule has 0 spiro atoms. The lowest BCUT2D eigenvalue weighted by molar-refractivity contribution is -0.112. The maximum Gasteiger partial charge on any atom is 0.185 e. The molecule has 0 aliphatic carbocycles. The van der Waals surface area contributed by atoms with Crippen LogP contribution < -0.4 is 15.0 Å². The zero-order valence-corrected chi connectivity index (χ0v) is 10.5. The Hall–Kier alpha value is 0.0600. The normalized spacial score (nSPS) is 12.2. The van der Waals surface area contributed by atoms with Crippen molar-refractivity contribution in [2.24, 2.45) is 16.5 Å². The van der Waals surface area contributed by atoms with E-state index in [0.717, 1.165) is 12.8 Å². The third kappa shape index (κ3) is 7.16. The third-order valence-corrected chi connectivity index (χ3v) is 2.57. The number of nitrogens with two attached hydrogens (primary N) is 2. The molecule has 0 fully saturated rings. The van der Waals surface area contributed by atoms with E-state index in [0.29, 0.717) is 6.54 Å². The van der Waals surface area contributed by atoms with Crippen LogP contribution in [0.3, 0.4) is 0 Å². The SMILES string of the molecule is NC(N)=NCCC[C@@H](NI)C(=O)P. The van der Waals surface area contributed by atoms with Crippen molar-refractivity contribution in [3.63, 3.8) is 0 Å². The molecule has 13 heavy (non-hydrogen) atoms. The molecule has 0 bridgehead atoms. The number of guanidine groups is 1. The molecule has 0 aromatic rings. The van der Waals surface area contributed by atoms with Crippen LogP contribution >= 0.6 is 32.1 Å². The van der Waals surface area contributed by atoms with Crippen molar-refractivity contribution in [3.05, 3.63) is 0 Å². The second kappa shape index (κ2) is 7.46. The van der Waals surface area contributed by atoms with Gasteiger partial charge in [-0.25, -0.2) is 0 Å². The van der Waals surface area contributed by atoms with Crippen LogP contribution in [0.15, 0.2) is 4.99 Å². The van der Waals surface area contributed by atoms with Crippen molar-refractivity contribution >= 4 is 43.6 Å². The number of carbonyl (C=O) groups excluding carboxylic acids is 1. The molecule has 2 atom stereocenters. The number of carbonyl (C=O) groups is 1. The number of hydrogen-bond donors (Lipinski definition) is 3. The van der Waals surface area contributed by atoms with Gasteiger partial charge in [0, 0.05) is 29.4 Å². The second-order valence-corrected chi connectivity index (χ2v) is 3.70. The fraction of sp³-hybridized carbons (Fsp3) is 0.667. The van der Waals surface area contributed by atoms with Crippen molar-refractivity contribution in [2.75, 3.05) is 6.54 Å². The highest BCUT2D eigenvalue weighted by atomic mass is 127. The largest absolute Gasteiger partial charge is 0.370 e. The van der Waals surface area contributed by atoms with Gasteiger partial charge in [-0.2, -0.15) is 0 Å². The van der Waals surface area contributed by atoms with Crippen LogP contribution in [0.5, 0.6) is 0 Å². The molecule has 0 amide bonds. The molecule has 1 unspecified atom stereocenters. The molecule has 5 nitrogen and oxygen atoms in total. The van der Waals surface area contributed by atoms with Crippen LogP contribution in [0.25, 0.3) is 0 Å². The van der Waals surface area contributed by atoms with Crippen molar-refractivity contribution in [2.45, 2.75) is 18.9 Å². The van der Waals surface area contributed by atoms with Crippen molar-refractivity contribution in [1.82, 2.24) is 3.53 Å². The summed E-state index contributed by atoms with van der Waals surface area (Å²) in [6.45, 7) is 0.565. The van der Waals surface area contributed by atoms with E-state index in [1.807, 2.05) is 22.9 Å². The van der Waals surface area contributed by atoms with Crippen LogP contribution in [-0.4, -0.2) is 24.1 Å². The van der Waals surface area contributed by atoms with Gasteiger partial charge in [-0.1, -0.05) is 9.24 Å². The summed E-state index contributed by atoms with van der Waals surface area (Å²) in [6.07, 6.45) is 1.53. The van der Waals surface area contributed by atoms with E-state index in [4.69, 9.17) is 11.5 Å². The van der Waals surface area contributed by atoms with Gasteiger partial charge in [0.25, 0.3) is 0 Å². The molecule has 0 saturated carbocycles. The average molecular weight is 316 g/mol. The van der Waals surface area contributed by atoms with Gasteiger partial charge >= 0.3 is 0 Å². The summed E-state index contributed by atoms with van der Waals surface area (Å²) in [5, 5.41) is 0. The van der Waals surface area contributed by atoms with Crippen molar-refractivity contribution < 1.29 is 4.79 Å². The molecular weight excluding hydrogens is 302 g/mol.